The number of methoxy groups -OCH3 is 2. The lowest BCUT2D eigenvalue weighted by Crippen LogP contribution is -2.27. The Bertz CT molecular complexity index is 1410. The van der Waals surface area contributed by atoms with E-state index in [0.717, 1.165) is 16.7 Å². The molecule has 1 aromatic heterocycles. The van der Waals surface area contributed by atoms with Gasteiger partial charge in [-0.15, -0.1) is 0 Å². The van der Waals surface area contributed by atoms with Gasteiger partial charge >= 0.3 is 11.9 Å². The van der Waals surface area contributed by atoms with Crippen molar-refractivity contribution >= 4 is 40.9 Å². The third-order valence-electron chi connectivity index (χ3n) is 5.29. The quantitative estimate of drug-likeness (QED) is 0.314. The molecule has 1 N–H and O–H groups in total. The largest absolute Gasteiger partial charge is 0.493 e. The second-order valence-corrected chi connectivity index (χ2v) is 8.72. The number of carboxylic acid groups (broad SMARTS) is 1. The summed E-state index contributed by atoms with van der Waals surface area (Å²) < 4.78 is 21.2. The van der Waals surface area contributed by atoms with Crippen molar-refractivity contribution in [2.24, 2.45) is 0 Å². The van der Waals surface area contributed by atoms with Crippen LogP contribution in [-0.4, -0.2) is 47.3 Å². The Labute approximate surface area is 215 Å². The monoisotopic (exact) mass is 523 g/mol. The number of benzene rings is 2. The van der Waals surface area contributed by atoms with E-state index in [9.17, 15) is 19.2 Å². The molecular formula is C26H21NO9S. The molecule has 0 unspecified atom stereocenters. The van der Waals surface area contributed by atoms with Crippen molar-refractivity contribution in [1.29, 1.82) is 0 Å². The maximum absolute atomic E-state index is 12.9. The topological polar surface area (TPSA) is 133 Å². The van der Waals surface area contributed by atoms with Gasteiger partial charge in [-0.2, -0.15) is 0 Å². The van der Waals surface area contributed by atoms with Crippen LogP contribution in [0.2, 0.25) is 0 Å². The summed E-state index contributed by atoms with van der Waals surface area (Å²) in [5.41, 5.74) is 1.44. The Hall–Kier alpha value is -4.51. The number of carbonyl (C=O) groups excluding carboxylic acids is 3. The van der Waals surface area contributed by atoms with Gasteiger partial charge < -0.3 is 23.7 Å². The van der Waals surface area contributed by atoms with Crippen LogP contribution >= 0.6 is 11.8 Å². The lowest BCUT2D eigenvalue weighted by atomic mass is 10.1. The van der Waals surface area contributed by atoms with E-state index in [1.165, 1.54) is 38.5 Å². The molecule has 10 nitrogen and oxygen atoms in total. The minimum Gasteiger partial charge on any atom is -0.493 e. The van der Waals surface area contributed by atoms with Gasteiger partial charge in [-0.3, -0.25) is 14.5 Å². The first kappa shape index (κ1) is 25.6. The number of carbonyl (C=O) groups is 4. The normalized spacial score (nSPS) is 14.2. The molecule has 37 heavy (non-hydrogen) atoms. The summed E-state index contributed by atoms with van der Waals surface area (Å²) in [6, 6.07) is 14.3. The summed E-state index contributed by atoms with van der Waals surface area (Å²) >= 11 is 0.788. The van der Waals surface area contributed by atoms with E-state index >= 15 is 0 Å². The molecule has 2 heterocycles. The third kappa shape index (κ3) is 5.84. The molecular weight excluding hydrogens is 502 g/mol. The highest BCUT2D eigenvalue weighted by Gasteiger charge is 2.35. The van der Waals surface area contributed by atoms with Crippen LogP contribution < -0.4 is 9.47 Å². The van der Waals surface area contributed by atoms with Gasteiger partial charge in [0.2, 0.25) is 5.76 Å². The van der Waals surface area contributed by atoms with Crippen molar-refractivity contribution in [3.63, 3.8) is 0 Å². The van der Waals surface area contributed by atoms with E-state index in [2.05, 4.69) is 4.74 Å². The number of thioether (sulfide) groups is 1. The smallest absolute Gasteiger partial charge is 0.373 e. The van der Waals surface area contributed by atoms with Crippen molar-refractivity contribution in [3.8, 4) is 11.5 Å². The van der Waals surface area contributed by atoms with Crippen molar-refractivity contribution in [1.82, 2.24) is 4.90 Å². The molecule has 0 aliphatic carbocycles. The summed E-state index contributed by atoms with van der Waals surface area (Å²) in [6.07, 6.45) is 1.57. The van der Waals surface area contributed by atoms with E-state index in [1.54, 1.807) is 36.4 Å². The van der Waals surface area contributed by atoms with Crippen molar-refractivity contribution < 1.29 is 42.9 Å². The summed E-state index contributed by atoms with van der Waals surface area (Å²) in [7, 11) is 2.69. The standard InChI is InChI=1S/C26H21NO9S/c1-33-21-11-15(6-8-19(21)35-14-16-4-3-5-17(10-16)24(29)30)12-22-23(28)27(26(32)37-22)13-18-7-9-20(36-18)25(31)34-2/h3-12H,13-14H2,1-2H3,(H,29,30)/b22-12+. The average Bonchev–Trinajstić information content (AvgIpc) is 3.47. The summed E-state index contributed by atoms with van der Waals surface area (Å²) in [6.45, 7) is -0.00162. The van der Waals surface area contributed by atoms with E-state index in [4.69, 9.17) is 19.0 Å². The average molecular weight is 524 g/mol. The molecule has 0 radical (unpaired) electrons. The minimum absolute atomic E-state index is 0.0241. The van der Waals surface area contributed by atoms with Crippen LogP contribution in [-0.2, 0) is 22.7 Å². The predicted molar refractivity (Wildman–Crippen MR) is 132 cm³/mol. The van der Waals surface area contributed by atoms with Gasteiger partial charge in [0.1, 0.15) is 12.4 Å². The Morgan fingerprint density at radius 3 is 2.59 bits per heavy atom. The number of hydrogen-bond acceptors (Lipinski definition) is 9. The van der Waals surface area contributed by atoms with Crippen LogP contribution in [0.25, 0.3) is 6.08 Å². The molecule has 2 amide bonds. The van der Waals surface area contributed by atoms with E-state index in [-0.39, 0.29) is 35.1 Å². The predicted octanol–water partition coefficient (Wildman–Crippen LogP) is 4.59. The highest BCUT2D eigenvalue weighted by molar-refractivity contribution is 8.18. The highest BCUT2D eigenvalue weighted by Crippen LogP contribution is 2.35. The van der Waals surface area contributed by atoms with Crippen LogP contribution in [0.5, 0.6) is 11.5 Å². The molecule has 1 aliphatic heterocycles. The molecule has 0 spiro atoms. The number of ether oxygens (including phenoxy) is 3. The number of aromatic carboxylic acids is 1. The minimum atomic E-state index is -1.02. The fourth-order valence-electron chi connectivity index (χ4n) is 3.47. The number of furan rings is 1. The SMILES string of the molecule is COC(=O)c1ccc(CN2C(=O)S/C(=C/c3ccc(OCc4cccc(C(=O)O)c4)c(OC)c3)C2=O)o1. The van der Waals surface area contributed by atoms with Crippen molar-refractivity contribution in [2.75, 3.05) is 14.2 Å². The number of hydrogen-bond donors (Lipinski definition) is 1. The fourth-order valence-corrected chi connectivity index (χ4v) is 4.30. The van der Waals surface area contributed by atoms with Crippen LogP contribution in [0, 0.1) is 0 Å². The summed E-state index contributed by atoms with van der Waals surface area (Å²) in [4.78, 5) is 49.3. The zero-order chi connectivity index (χ0) is 26.5. The molecule has 4 rings (SSSR count). The number of nitrogens with zero attached hydrogens (tertiary/aromatic N) is 1. The molecule has 3 aromatic rings. The molecule has 0 saturated carbocycles. The lowest BCUT2D eigenvalue weighted by molar-refractivity contribution is -0.123. The van der Waals surface area contributed by atoms with Crippen LogP contribution in [0.4, 0.5) is 4.79 Å². The first-order chi connectivity index (χ1) is 17.8. The number of imide groups is 1. The maximum atomic E-state index is 12.9. The Balaban J connectivity index is 1.46. The second kappa shape index (κ2) is 11.0. The van der Waals surface area contributed by atoms with E-state index < -0.39 is 23.1 Å². The molecule has 1 saturated heterocycles. The van der Waals surface area contributed by atoms with Gasteiger partial charge in [-0.25, -0.2) is 9.59 Å². The van der Waals surface area contributed by atoms with Gasteiger partial charge in [0.15, 0.2) is 11.5 Å². The van der Waals surface area contributed by atoms with E-state index in [0.29, 0.717) is 22.6 Å². The summed E-state index contributed by atoms with van der Waals surface area (Å²) in [5, 5.41) is 8.67. The zero-order valence-electron chi connectivity index (χ0n) is 19.8. The maximum Gasteiger partial charge on any atom is 0.373 e. The highest BCUT2D eigenvalue weighted by atomic mass is 32.2. The molecule has 0 bridgehead atoms. The third-order valence-corrected chi connectivity index (χ3v) is 6.20. The summed E-state index contributed by atoms with van der Waals surface area (Å²) in [5.74, 6) is -1.12. The number of amides is 2. The van der Waals surface area contributed by atoms with Gasteiger partial charge in [-0.05, 0) is 65.4 Å². The van der Waals surface area contributed by atoms with E-state index in [1.807, 2.05) is 0 Å². The van der Waals surface area contributed by atoms with Gasteiger partial charge in [0.05, 0.1) is 31.2 Å². The number of carboxylic acids is 1. The van der Waals surface area contributed by atoms with Crippen molar-refractivity contribution in [2.45, 2.75) is 13.2 Å². The van der Waals surface area contributed by atoms with Crippen molar-refractivity contribution in [3.05, 3.63) is 87.7 Å². The molecule has 0 atom stereocenters. The molecule has 2 aromatic carbocycles. The lowest BCUT2D eigenvalue weighted by Gasteiger charge is -2.12. The van der Waals surface area contributed by atoms with Gasteiger partial charge in [-0.1, -0.05) is 18.2 Å². The number of esters is 1. The van der Waals surface area contributed by atoms with Crippen LogP contribution in [0.15, 0.2) is 63.9 Å². The molecule has 190 valence electrons. The Kier molecular flexibility index (Phi) is 7.63. The molecule has 11 heteroatoms. The van der Waals surface area contributed by atoms with Crippen LogP contribution in [0.3, 0.4) is 0 Å². The first-order valence-corrected chi connectivity index (χ1v) is 11.7. The van der Waals surface area contributed by atoms with Crippen LogP contribution in [0.1, 0.15) is 37.8 Å². The fraction of sp³-hybridized carbons (Fsp3) is 0.154. The zero-order valence-corrected chi connectivity index (χ0v) is 20.6. The Morgan fingerprint density at radius 1 is 1.05 bits per heavy atom. The molecule has 1 aliphatic rings. The Morgan fingerprint density at radius 2 is 1.86 bits per heavy atom. The first-order valence-electron chi connectivity index (χ1n) is 10.8. The number of rotatable bonds is 9. The second-order valence-electron chi connectivity index (χ2n) is 7.73. The molecule has 1 fully saturated rings. The van der Waals surface area contributed by atoms with Gasteiger partial charge in [0.25, 0.3) is 11.1 Å². The van der Waals surface area contributed by atoms with Gasteiger partial charge in [0, 0.05) is 0 Å².